The molecule has 1 aromatic heterocycles. The van der Waals surface area contributed by atoms with Crippen LogP contribution >= 0.6 is 15.9 Å². The van der Waals surface area contributed by atoms with E-state index in [9.17, 15) is 0 Å². The van der Waals surface area contributed by atoms with E-state index in [1.807, 2.05) is 0 Å². The molecule has 0 aliphatic heterocycles. The van der Waals surface area contributed by atoms with Crippen molar-refractivity contribution in [3.63, 3.8) is 0 Å². The molecule has 0 atom stereocenters. The number of nitrogens with one attached hydrogen (secondary N) is 1. The topological polar surface area (TPSA) is 41.8 Å². The standard InChI is InChI=1S/C20H23BrN2/c1-2-14-10-11-19-17(13-14)15(7-5-6-12-22)20(23-19)16-8-3-4-9-18(16)21/h3-4,8-11,13,23H,2,5-7,12,22H2,1H3. The third kappa shape index (κ3) is 3.36. The summed E-state index contributed by atoms with van der Waals surface area (Å²) in [6.07, 6.45) is 4.31. The van der Waals surface area contributed by atoms with Gasteiger partial charge in [0, 0.05) is 20.9 Å². The summed E-state index contributed by atoms with van der Waals surface area (Å²) < 4.78 is 1.13. The number of hydrogen-bond donors (Lipinski definition) is 2. The Morgan fingerprint density at radius 1 is 1.09 bits per heavy atom. The Labute approximate surface area is 146 Å². The van der Waals surface area contributed by atoms with Crippen LogP contribution in [0.1, 0.15) is 30.9 Å². The van der Waals surface area contributed by atoms with Crippen LogP contribution in [0.15, 0.2) is 46.9 Å². The van der Waals surface area contributed by atoms with Crippen LogP contribution in [0.4, 0.5) is 0 Å². The first-order valence-corrected chi connectivity index (χ1v) is 9.12. The molecule has 3 aromatic rings. The number of aromatic nitrogens is 1. The maximum Gasteiger partial charge on any atom is 0.0508 e. The van der Waals surface area contributed by atoms with Crippen molar-refractivity contribution in [2.45, 2.75) is 32.6 Å². The zero-order chi connectivity index (χ0) is 16.2. The summed E-state index contributed by atoms with van der Waals surface area (Å²) in [6, 6.07) is 15.2. The number of hydrogen-bond acceptors (Lipinski definition) is 1. The Bertz CT molecular complexity index is 805. The normalized spacial score (nSPS) is 11.3. The van der Waals surface area contributed by atoms with Gasteiger partial charge in [0.15, 0.2) is 0 Å². The highest BCUT2D eigenvalue weighted by atomic mass is 79.9. The van der Waals surface area contributed by atoms with E-state index in [0.29, 0.717) is 0 Å². The molecule has 0 amide bonds. The number of aryl methyl sites for hydroxylation is 2. The fraction of sp³-hybridized carbons (Fsp3) is 0.300. The van der Waals surface area contributed by atoms with E-state index in [4.69, 9.17) is 5.73 Å². The molecule has 0 aliphatic rings. The summed E-state index contributed by atoms with van der Waals surface area (Å²) in [5, 5.41) is 1.35. The number of aromatic amines is 1. The molecule has 1 heterocycles. The van der Waals surface area contributed by atoms with E-state index in [1.165, 1.54) is 33.3 Å². The molecule has 0 aliphatic carbocycles. The number of H-pyrrole nitrogens is 1. The van der Waals surface area contributed by atoms with Crippen molar-refractivity contribution >= 4 is 26.8 Å². The second kappa shape index (κ2) is 7.33. The molecule has 120 valence electrons. The van der Waals surface area contributed by atoms with Crippen LogP contribution in [0.25, 0.3) is 22.2 Å². The lowest BCUT2D eigenvalue weighted by Gasteiger charge is -2.07. The van der Waals surface area contributed by atoms with Gasteiger partial charge >= 0.3 is 0 Å². The Balaban J connectivity index is 2.15. The fourth-order valence-electron chi connectivity index (χ4n) is 3.11. The quantitative estimate of drug-likeness (QED) is 0.557. The zero-order valence-corrected chi connectivity index (χ0v) is 15.1. The SMILES string of the molecule is CCc1ccc2[nH]c(-c3ccccc3Br)c(CCCCN)c2c1. The van der Waals surface area contributed by atoms with Crippen molar-refractivity contribution in [2.24, 2.45) is 5.73 Å². The average Bonchev–Trinajstić information content (AvgIpc) is 2.93. The van der Waals surface area contributed by atoms with E-state index >= 15 is 0 Å². The lowest BCUT2D eigenvalue weighted by atomic mass is 9.99. The molecule has 0 saturated carbocycles. The molecule has 2 nitrogen and oxygen atoms in total. The third-order valence-corrected chi connectivity index (χ3v) is 5.09. The van der Waals surface area contributed by atoms with Crippen LogP contribution in [-0.4, -0.2) is 11.5 Å². The van der Waals surface area contributed by atoms with Gasteiger partial charge in [0.05, 0.1) is 5.69 Å². The summed E-state index contributed by atoms with van der Waals surface area (Å²) in [7, 11) is 0. The van der Waals surface area contributed by atoms with Gasteiger partial charge in [-0.15, -0.1) is 0 Å². The number of fused-ring (bicyclic) bond motifs is 1. The molecule has 0 saturated heterocycles. The first kappa shape index (κ1) is 16.3. The summed E-state index contributed by atoms with van der Waals surface area (Å²) in [4.78, 5) is 3.64. The highest BCUT2D eigenvalue weighted by Gasteiger charge is 2.15. The minimum atomic E-state index is 0.757. The van der Waals surface area contributed by atoms with E-state index in [1.54, 1.807) is 0 Å². The molecule has 3 heteroatoms. The van der Waals surface area contributed by atoms with Gasteiger partial charge in [-0.3, -0.25) is 0 Å². The molecule has 0 unspecified atom stereocenters. The maximum atomic E-state index is 5.68. The smallest absolute Gasteiger partial charge is 0.0508 e. The van der Waals surface area contributed by atoms with Crippen molar-refractivity contribution < 1.29 is 0 Å². The van der Waals surface area contributed by atoms with Gasteiger partial charge in [-0.1, -0.05) is 47.1 Å². The molecule has 0 radical (unpaired) electrons. The second-order valence-corrected chi connectivity index (χ2v) is 6.79. The van der Waals surface area contributed by atoms with Gasteiger partial charge in [-0.05, 0) is 61.6 Å². The minimum absolute atomic E-state index is 0.757. The maximum absolute atomic E-state index is 5.68. The molecule has 0 spiro atoms. The zero-order valence-electron chi connectivity index (χ0n) is 13.5. The molecular formula is C20H23BrN2. The molecule has 23 heavy (non-hydrogen) atoms. The summed E-state index contributed by atoms with van der Waals surface area (Å²) in [5.41, 5.74) is 12.2. The average molecular weight is 371 g/mol. The van der Waals surface area contributed by atoms with Gasteiger partial charge in [0.2, 0.25) is 0 Å². The highest BCUT2D eigenvalue weighted by Crippen LogP contribution is 2.35. The van der Waals surface area contributed by atoms with Crippen molar-refractivity contribution in [1.29, 1.82) is 0 Å². The van der Waals surface area contributed by atoms with Gasteiger partial charge in [0.25, 0.3) is 0 Å². The predicted molar refractivity (Wildman–Crippen MR) is 103 cm³/mol. The van der Waals surface area contributed by atoms with E-state index in [-0.39, 0.29) is 0 Å². The summed E-state index contributed by atoms with van der Waals surface area (Å²) in [5.74, 6) is 0. The molecule has 3 N–H and O–H groups in total. The summed E-state index contributed by atoms with van der Waals surface area (Å²) in [6.45, 7) is 2.96. The molecule has 0 fully saturated rings. The van der Waals surface area contributed by atoms with Crippen molar-refractivity contribution in [1.82, 2.24) is 4.98 Å². The van der Waals surface area contributed by atoms with Crippen LogP contribution in [0, 0.1) is 0 Å². The van der Waals surface area contributed by atoms with Crippen LogP contribution < -0.4 is 5.73 Å². The van der Waals surface area contributed by atoms with Crippen LogP contribution in [0.3, 0.4) is 0 Å². The first-order chi connectivity index (χ1) is 11.2. The Kier molecular flexibility index (Phi) is 5.19. The second-order valence-electron chi connectivity index (χ2n) is 5.94. The minimum Gasteiger partial charge on any atom is -0.354 e. The van der Waals surface area contributed by atoms with Crippen molar-refractivity contribution in [3.8, 4) is 11.3 Å². The van der Waals surface area contributed by atoms with Crippen LogP contribution in [0.2, 0.25) is 0 Å². The van der Waals surface area contributed by atoms with Crippen molar-refractivity contribution in [2.75, 3.05) is 6.54 Å². The van der Waals surface area contributed by atoms with Crippen LogP contribution in [-0.2, 0) is 12.8 Å². The monoisotopic (exact) mass is 370 g/mol. The summed E-state index contributed by atoms with van der Waals surface area (Å²) >= 11 is 3.69. The number of unbranched alkanes of at least 4 members (excludes halogenated alkanes) is 1. The Morgan fingerprint density at radius 2 is 1.91 bits per heavy atom. The van der Waals surface area contributed by atoms with Gasteiger partial charge < -0.3 is 10.7 Å². The third-order valence-electron chi connectivity index (χ3n) is 4.40. The number of rotatable bonds is 6. The Hall–Kier alpha value is -1.58. The number of halogens is 1. The number of benzene rings is 2. The van der Waals surface area contributed by atoms with Crippen molar-refractivity contribution in [3.05, 3.63) is 58.1 Å². The van der Waals surface area contributed by atoms with Gasteiger partial charge in [0.1, 0.15) is 0 Å². The van der Waals surface area contributed by atoms with Crippen LogP contribution in [0.5, 0.6) is 0 Å². The molecular weight excluding hydrogens is 348 g/mol. The predicted octanol–water partition coefficient (Wildman–Crippen LogP) is 5.44. The van der Waals surface area contributed by atoms with E-state index in [0.717, 1.165) is 36.7 Å². The lowest BCUT2D eigenvalue weighted by molar-refractivity contribution is 0.748. The molecule has 2 aromatic carbocycles. The Morgan fingerprint density at radius 3 is 2.65 bits per heavy atom. The lowest BCUT2D eigenvalue weighted by Crippen LogP contribution is -1.99. The van der Waals surface area contributed by atoms with Gasteiger partial charge in [-0.25, -0.2) is 0 Å². The largest absolute Gasteiger partial charge is 0.354 e. The van der Waals surface area contributed by atoms with E-state index < -0.39 is 0 Å². The van der Waals surface area contributed by atoms with E-state index in [2.05, 4.69) is 70.3 Å². The molecule has 3 rings (SSSR count). The highest BCUT2D eigenvalue weighted by molar-refractivity contribution is 9.10. The first-order valence-electron chi connectivity index (χ1n) is 8.33. The number of nitrogens with two attached hydrogens (primary N) is 1. The van der Waals surface area contributed by atoms with Gasteiger partial charge in [-0.2, -0.15) is 0 Å². The molecule has 0 bridgehead atoms. The fourth-order valence-corrected chi connectivity index (χ4v) is 3.60.